The molecular weight excluding hydrogens is 620 g/mol. The first-order chi connectivity index (χ1) is 14.3. The number of rotatable bonds is 6. The van der Waals surface area contributed by atoms with E-state index in [1.165, 1.54) is 16.7 Å². The third-order valence-corrected chi connectivity index (χ3v) is 7.02. The zero-order chi connectivity index (χ0) is 21.8. The number of ether oxygens (including phenoxy) is 1. The fourth-order valence-electron chi connectivity index (χ4n) is 2.60. The van der Waals surface area contributed by atoms with Crippen LogP contribution in [0.4, 0.5) is 5.69 Å². The van der Waals surface area contributed by atoms with Gasteiger partial charge in [-0.15, -0.1) is 0 Å². The van der Waals surface area contributed by atoms with E-state index >= 15 is 0 Å². The Morgan fingerprint density at radius 2 is 1.83 bits per heavy atom. The van der Waals surface area contributed by atoms with Gasteiger partial charge in [0.2, 0.25) is 5.91 Å². The molecule has 3 rings (SSSR count). The van der Waals surface area contributed by atoms with Gasteiger partial charge in [0.25, 0.3) is 5.91 Å². The molecule has 2 aromatic rings. The minimum atomic E-state index is -0.350. The standard InChI is InChI=1S/C20H15Br3N2O3S2/c1-2-28-13-5-3-11(4-6-13)7-16-19(27)25(20(29)30-16)10-17(26)24-18-14(22)8-12(21)9-15(18)23/h3-9H,2,10H2,1H3,(H,24,26)/b16-7-. The van der Waals surface area contributed by atoms with Gasteiger partial charge in [0, 0.05) is 13.4 Å². The summed E-state index contributed by atoms with van der Waals surface area (Å²) in [6.07, 6.45) is 1.76. The summed E-state index contributed by atoms with van der Waals surface area (Å²) in [7, 11) is 0. The summed E-state index contributed by atoms with van der Waals surface area (Å²) in [6, 6.07) is 11.1. The average molecular weight is 635 g/mol. The van der Waals surface area contributed by atoms with Crippen molar-refractivity contribution in [2.75, 3.05) is 18.5 Å². The third kappa shape index (κ3) is 5.73. The molecule has 0 spiro atoms. The van der Waals surface area contributed by atoms with Gasteiger partial charge in [0.1, 0.15) is 16.6 Å². The maximum absolute atomic E-state index is 12.8. The van der Waals surface area contributed by atoms with Crippen LogP contribution < -0.4 is 10.1 Å². The first kappa shape index (κ1) is 23.5. The molecule has 0 aromatic heterocycles. The molecule has 0 aliphatic carbocycles. The third-order valence-electron chi connectivity index (χ3n) is 3.94. The van der Waals surface area contributed by atoms with Crippen molar-refractivity contribution in [3.8, 4) is 5.75 Å². The number of nitrogens with one attached hydrogen (secondary N) is 1. The van der Waals surface area contributed by atoms with Gasteiger partial charge in [-0.2, -0.15) is 0 Å². The number of nitrogens with zero attached hydrogens (tertiary/aromatic N) is 1. The van der Waals surface area contributed by atoms with Crippen LogP contribution in [0, 0.1) is 0 Å². The smallest absolute Gasteiger partial charge is 0.266 e. The number of amides is 2. The minimum absolute atomic E-state index is 0.166. The van der Waals surface area contributed by atoms with Crippen LogP contribution in [-0.2, 0) is 9.59 Å². The molecule has 2 aromatic carbocycles. The zero-order valence-electron chi connectivity index (χ0n) is 15.6. The molecule has 1 heterocycles. The van der Waals surface area contributed by atoms with Crippen molar-refractivity contribution in [2.45, 2.75) is 6.92 Å². The molecule has 1 fully saturated rings. The molecular formula is C20H15Br3N2O3S2. The summed E-state index contributed by atoms with van der Waals surface area (Å²) in [5.41, 5.74) is 1.43. The van der Waals surface area contributed by atoms with Gasteiger partial charge in [-0.1, -0.05) is 52.0 Å². The van der Waals surface area contributed by atoms with Crippen LogP contribution in [0.3, 0.4) is 0 Å². The summed E-state index contributed by atoms with van der Waals surface area (Å²) >= 11 is 16.7. The SMILES string of the molecule is CCOc1ccc(/C=C2\SC(=S)N(CC(=O)Nc3c(Br)cc(Br)cc3Br)C2=O)cc1. The number of benzene rings is 2. The molecule has 1 aliphatic heterocycles. The first-order valence-electron chi connectivity index (χ1n) is 8.71. The lowest BCUT2D eigenvalue weighted by molar-refractivity contribution is -0.126. The molecule has 0 atom stereocenters. The van der Waals surface area contributed by atoms with Gasteiger partial charge in [-0.3, -0.25) is 14.5 Å². The molecule has 1 aliphatic rings. The molecule has 10 heteroatoms. The highest BCUT2D eigenvalue weighted by Gasteiger charge is 2.33. The van der Waals surface area contributed by atoms with E-state index in [1.54, 1.807) is 6.08 Å². The summed E-state index contributed by atoms with van der Waals surface area (Å²) in [4.78, 5) is 27.1. The van der Waals surface area contributed by atoms with Gasteiger partial charge in [-0.05, 0) is 74.7 Å². The van der Waals surface area contributed by atoms with E-state index in [1.807, 2.05) is 43.3 Å². The lowest BCUT2D eigenvalue weighted by Crippen LogP contribution is -2.36. The number of thioether (sulfide) groups is 1. The van der Waals surface area contributed by atoms with Crippen molar-refractivity contribution < 1.29 is 14.3 Å². The monoisotopic (exact) mass is 632 g/mol. The zero-order valence-corrected chi connectivity index (χ0v) is 22.0. The summed E-state index contributed by atoms with van der Waals surface area (Å²) in [5, 5.41) is 2.81. The van der Waals surface area contributed by atoms with Gasteiger partial charge >= 0.3 is 0 Å². The van der Waals surface area contributed by atoms with E-state index in [0.29, 0.717) is 30.5 Å². The number of anilines is 1. The molecule has 1 N–H and O–H groups in total. The highest BCUT2D eigenvalue weighted by Crippen LogP contribution is 2.35. The molecule has 156 valence electrons. The number of thiocarbonyl (C=S) groups is 1. The molecule has 5 nitrogen and oxygen atoms in total. The maximum atomic E-state index is 12.8. The number of hydrogen-bond acceptors (Lipinski definition) is 5. The first-order valence-corrected chi connectivity index (χ1v) is 12.3. The topological polar surface area (TPSA) is 58.6 Å². The molecule has 0 radical (unpaired) electrons. The Morgan fingerprint density at radius 1 is 1.20 bits per heavy atom. The normalized spacial score (nSPS) is 15.1. The fraction of sp³-hybridized carbons (Fsp3) is 0.150. The molecule has 0 unspecified atom stereocenters. The lowest BCUT2D eigenvalue weighted by Gasteiger charge is -2.15. The van der Waals surface area contributed by atoms with Crippen molar-refractivity contribution in [3.05, 3.63) is 60.3 Å². The Kier molecular flexibility index (Phi) is 8.14. The Balaban J connectivity index is 1.69. The Hall–Kier alpha value is -1.20. The second-order valence-electron chi connectivity index (χ2n) is 6.06. The van der Waals surface area contributed by atoms with Crippen molar-refractivity contribution in [1.29, 1.82) is 0 Å². The Morgan fingerprint density at radius 3 is 2.43 bits per heavy atom. The van der Waals surface area contributed by atoms with E-state index in [0.717, 1.165) is 15.8 Å². The van der Waals surface area contributed by atoms with Crippen LogP contribution in [0.1, 0.15) is 12.5 Å². The van der Waals surface area contributed by atoms with Crippen LogP contribution >= 0.6 is 71.8 Å². The number of hydrogen-bond donors (Lipinski definition) is 1. The van der Waals surface area contributed by atoms with E-state index in [-0.39, 0.29) is 18.4 Å². The summed E-state index contributed by atoms with van der Waals surface area (Å²) in [5.74, 6) is 0.129. The van der Waals surface area contributed by atoms with Gasteiger partial charge < -0.3 is 10.1 Å². The van der Waals surface area contributed by atoms with Crippen molar-refractivity contribution in [2.24, 2.45) is 0 Å². The van der Waals surface area contributed by atoms with Crippen LogP contribution in [0.2, 0.25) is 0 Å². The minimum Gasteiger partial charge on any atom is -0.494 e. The van der Waals surface area contributed by atoms with Crippen molar-refractivity contribution in [1.82, 2.24) is 4.90 Å². The molecule has 2 amide bonds. The summed E-state index contributed by atoms with van der Waals surface area (Å²) in [6.45, 7) is 2.34. The quantitative estimate of drug-likeness (QED) is 0.302. The van der Waals surface area contributed by atoms with Gasteiger partial charge in [0.05, 0.1) is 17.2 Å². The predicted octanol–water partition coefficient (Wildman–Crippen LogP) is 6.21. The van der Waals surface area contributed by atoms with E-state index in [2.05, 4.69) is 53.1 Å². The highest BCUT2D eigenvalue weighted by atomic mass is 79.9. The number of carbonyl (C=O) groups excluding carboxylic acids is 2. The van der Waals surface area contributed by atoms with Crippen LogP contribution in [0.15, 0.2) is 54.7 Å². The van der Waals surface area contributed by atoms with Gasteiger partial charge in [0.15, 0.2) is 0 Å². The lowest BCUT2D eigenvalue weighted by atomic mass is 10.2. The second kappa shape index (κ2) is 10.4. The largest absolute Gasteiger partial charge is 0.494 e. The Bertz CT molecular complexity index is 1020. The number of halogens is 3. The summed E-state index contributed by atoms with van der Waals surface area (Å²) < 4.78 is 8.04. The van der Waals surface area contributed by atoms with Crippen molar-refractivity contribution in [3.63, 3.8) is 0 Å². The molecule has 0 bridgehead atoms. The Labute approximate surface area is 209 Å². The molecule has 0 saturated carbocycles. The van der Waals surface area contributed by atoms with Crippen LogP contribution in [0.25, 0.3) is 6.08 Å². The van der Waals surface area contributed by atoms with Crippen molar-refractivity contribution >= 4 is 99.7 Å². The van der Waals surface area contributed by atoms with E-state index in [4.69, 9.17) is 17.0 Å². The second-order valence-corrected chi connectivity index (χ2v) is 10.4. The van der Waals surface area contributed by atoms with E-state index in [9.17, 15) is 9.59 Å². The van der Waals surface area contributed by atoms with Gasteiger partial charge in [-0.25, -0.2) is 0 Å². The molecule has 1 saturated heterocycles. The predicted molar refractivity (Wildman–Crippen MR) is 136 cm³/mol. The van der Waals surface area contributed by atoms with Crippen LogP contribution in [-0.4, -0.2) is 34.2 Å². The number of carbonyl (C=O) groups is 2. The van der Waals surface area contributed by atoms with Crippen LogP contribution in [0.5, 0.6) is 5.75 Å². The fourth-order valence-corrected chi connectivity index (χ4v) is 6.31. The maximum Gasteiger partial charge on any atom is 0.266 e. The van der Waals surface area contributed by atoms with E-state index < -0.39 is 0 Å². The average Bonchev–Trinajstić information content (AvgIpc) is 2.94. The highest BCUT2D eigenvalue weighted by molar-refractivity contribution is 9.11. The molecule has 30 heavy (non-hydrogen) atoms.